The van der Waals surface area contributed by atoms with Gasteiger partial charge in [-0.3, -0.25) is 4.79 Å². The van der Waals surface area contributed by atoms with E-state index in [9.17, 15) is 18.0 Å². The van der Waals surface area contributed by atoms with Crippen LogP contribution in [-0.4, -0.2) is 36.0 Å². The summed E-state index contributed by atoms with van der Waals surface area (Å²) >= 11 is 0. The highest BCUT2D eigenvalue weighted by Gasteiger charge is 2.41. The van der Waals surface area contributed by atoms with Crippen molar-refractivity contribution < 1.29 is 32.6 Å². The molecule has 0 amide bonds. The van der Waals surface area contributed by atoms with Crippen molar-refractivity contribution >= 4 is 5.97 Å². The maximum atomic E-state index is 12.2. The number of ether oxygens (including phenoxy) is 1. The summed E-state index contributed by atoms with van der Waals surface area (Å²) in [6.07, 6.45) is -6.54. The smallest absolute Gasteiger partial charge is 0.391 e. The average Bonchev–Trinajstić information content (AvgIpc) is 2.57. The topological polar surface area (TPSA) is 67.8 Å². The standard InChI is InChI=1S/C9H10F3NO4/c10-9(11,12)2-4-1-5-6(3-16-4)17-13-7(5)8(14)15/h4,7,13H,1-3H2,(H,14,15). The van der Waals surface area contributed by atoms with Gasteiger partial charge in [-0.15, -0.1) is 5.48 Å². The highest BCUT2D eigenvalue weighted by Crippen LogP contribution is 2.33. The maximum absolute atomic E-state index is 12.2. The van der Waals surface area contributed by atoms with Gasteiger partial charge in [-0.1, -0.05) is 0 Å². The van der Waals surface area contributed by atoms with E-state index in [1.807, 2.05) is 0 Å². The fraction of sp³-hybridized carbons (Fsp3) is 0.667. The van der Waals surface area contributed by atoms with Crippen molar-refractivity contribution in [1.82, 2.24) is 5.48 Å². The van der Waals surface area contributed by atoms with Crippen LogP contribution in [0.25, 0.3) is 0 Å². The normalized spacial score (nSPS) is 28.9. The van der Waals surface area contributed by atoms with Gasteiger partial charge in [-0.25, -0.2) is 0 Å². The predicted octanol–water partition coefficient (Wildman–Crippen LogP) is 0.970. The lowest BCUT2D eigenvalue weighted by Crippen LogP contribution is -2.35. The van der Waals surface area contributed by atoms with Crippen molar-refractivity contribution in [2.75, 3.05) is 6.61 Å². The first-order valence-corrected chi connectivity index (χ1v) is 4.92. The average molecular weight is 253 g/mol. The molecule has 0 fully saturated rings. The van der Waals surface area contributed by atoms with Crippen LogP contribution in [-0.2, 0) is 14.4 Å². The number of hydroxylamine groups is 1. The van der Waals surface area contributed by atoms with Crippen LogP contribution in [0.5, 0.6) is 0 Å². The quantitative estimate of drug-likeness (QED) is 0.767. The van der Waals surface area contributed by atoms with E-state index in [1.54, 1.807) is 0 Å². The highest BCUT2D eigenvalue weighted by atomic mass is 19.4. The third-order valence-corrected chi connectivity index (χ3v) is 2.61. The van der Waals surface area contributed by atoms with Crippen LogP contribution in [0.2, 0.25) is 0 Å². The van der Waals surface area contributed by atoms with Crippen molar-refractivity contribution in [3.05, 3.63) is 11.3 Å². The second-order valence-corrected chi connectivity index (χ2v) is 3.90. The SMILES string of the molecule is O=C(O)C1NOC2=C1CC(CC(F)(F)F)OC2. The molecule has 0 saturated carbocycles. The molecule has 2 N–H and O–H groups in total. The molecule has 0 aliphatic carbocycles. The van der Waals surface area contributed by atoms with Crippen LogP contribution >= 0.6 is 0 Å². The molecule has 8 heteroatoms. The van der Waals surface area contributed by atoms with Gasteiger partial charge in [0, 0.05) is 12.0 Å². The van der Waals surface area contributed by atoms with Gasteiger partial charge in [-0.2, -0.15) is 13.2 Å². The van der Waals surface area contributed by atoms with Crippen LogP contribution in [0.4, 0.5) is 13.2 Å². The number of aliphatic carboxylic acids is 1. The number of hydrogen-bond acceptors (Lipinski definition) is 4. The molecule has 0 saturated heterocycles. The number of carboxylic acids is 1. The zero-order chi connectivity index (χ0) is 12.6. The number of carbonyl (C=O) groups is 1. The second kappa shape index (κ2) is 4.19. The van der Waals surface area contributed by atoms with Gasteiger partial charge in [0.05, 0.1) is 12.5 Å². The molecule has 2 heterocycles. The molecule has 0 bridgehead atoms. The molecular formula is C9H10F3NO4. The second-order valence-electron chi connectivity index (χ2n) is 3.90. The van der Waals surface area contributed by atoms with Crippen molar-refractivity contribution in [1.29, 1.82) is 0 Å². The van der Waals surface area contributed by atoms with E-state index in [1.165, 1.54) is 0 Å². The van der Waals surface area contributed by atoms with Crippen LogP contribution in [0.3, 0.4) is 0 Å². The zero-order valence-electron chi connectivity index (χ0n) is 8.58. The molecule has 2 rings (SSSR count). The Morgan fingerprint density at radius 2 is 2.24 bits per heavy atom. The van der Waals surface area contributed by atoms with Gasteiger partial charge < -0.3 is 14.7 Å². The van der Waals surface area contributed by atoms with Crippen molar-refractivity contribution in [2.45, 2.75) is 31.2 Å². The van der Waals surface area contributed by atoms with Crippen molar-refractivity contribution in [3.63, 3.8) is 0 Å². The molecule has 0 radical (unpaired) electrons. The fourth-order valence-electron chi connectivity index (χ4n) is 1.87. The summed E-state index contributed by atoms with van der Waals surface area (Å²) in [6, 6.07) is -1.08. The first-order chi connectivity index (χ1) is 7.87. The summed E-state index contributed by atoms with van der Waals surface area (Å²) in [7, 11) is 0. The molecule has 2 unspecified atom stereocenters. The molecule has 2 aliphatic heterocycles. The van der Waals surface area contributed by atoms with Gasteiger partial charge in [0.1, 0.15) is 6.61 Å². The lowest BCUT2D eigenvalue weighted by atomic mass is 9.96. The number of alkyl halides is 3. The molecule has 0 aromatic rings. The van der Waals surface area contributed by atoms with Crippen molar-refractivity contribution in [2.24, 2.45) is 0 Å². The highest BCUT2D eigenvalue weighted by molar-refractivity contribution is 5.78. The van der Waals surface area contributed by atoms with Gasteiger partial charge in [-0.05, 0) is 0 Å². The number of halogens is 3. The largest absolute Gasteiger partial charge is 0.480 e. The fourth-order valence-corrected chi connectivity index (χ4v) is 1.87. The Hall–Kier alpha value is -1.28. The molecular weight excluding hydrogens is 243 g/mol. The van der Waals surface area contributed by atoms with E-state index in [2.05, 4.69) is 5.48 Å². The zero-order valence-corrected chi connectivity index (χ0v) is 8.58. The van der Waals surface area contributed by atoms with Gasteiger partial charge in [0.15, 0.2) is 11.8 Å². The minimum absolute atomic E-state index is 0.0845. The Morgan fingerprint density at radius 1 is 1.53 bits per heavy atom. The molecule has 0 aromatic heterocycles. The minimum Gasteiger partial charge on any atom is -0.480 e. The lowest BCUT2D eigenvalue weighted by Gasteiger charge is -2.24. The van der Waals surface area contributed by atoms with E-state index < -0.39 is 30.7 Å². The summed E-state index contributed by atoms with van der Waals surface area (Å²) in [4.78, 5) is 15.7. The summed E-state index contributed by atoms with van der Waals surface area (Å²) in [5.74, 6) is -0.904. The monoisotopic (exact) mass is 253 g/mol. The third-order valence-electron chi connectivity index (χ3n) is 2.61. The third kappa shape index (κ3) is 2.70. The molecule has 0 spiro atoms. The predicted molar refractivity (Wildman–Crippen MR) is 47.7 cm³/mol. The molecule has 17 heavy (non-hydrogen) atoms. The number of carboxylic acid groups (broad SMARTS) is 1. The molecule has 2 atom stereocenters. The van der Waals surface area contributed by atoms with Gasteiger partial charge in [0.2, 0.25) is 0 Å². The maximum Gasteiger partial charge on any atom is 0.391 e. The summed E-state index contributed by atoms with van der Waals surface area (Å²) in [6.45, 7) is -0.132. The Labute approximate surface area is 94.1 Å². The summed E-state index contributed by atoms with van der Waals surface area (Å²) in [5, 5.41) is 8.83. The molecule has 2 aliphatic rings. The lowest BCUT2D eigenvalue weighted by molar-refractivity contribution is -0.161. The number of rotatable bonds is 2. The molecule has 96 valence electrons. The van der Waals surface area contributed by atoms with Crippen LogP contribution < -0.4 is 5.48 Å². The Morgan fingerprint density at radius 3 is 2.82 bits per heavy atom. The summed E-state index contributed by atoms with van der Waals surface area (Å²) in [5.41, 5.74) is 2.58. The van der Waals surface area contributed by atoms with Gasteiger partial charge >= 0.3 is 12.1 Å². The van der Waals surface area contributed by atoms with E-state index >= 15 is 0 Å². The minimum atomic E-state index is -4.33. The van der Waals surface area contributed by atoms with E-state index in [0.29, 0.717) is 5.57 Å². The van der Waals surface area contributed by atoms with E-state index in [-0.39, 0.29) is 18.8 Å². The summed E-state index contributed by atoms with van der Waals surface area (Å²) < 4.78 is 41.5. The Bertz CT molecular complexity index is 366. The van der Waals surface area contributed by atoms with E-state index in [0.717, 1.165) is 0 Å². The first-order valence-electron chi connectivity index (χ1n) is 4.92. The van der Waals surface area contributed by atoms with Crippen LogP contribution in [0, 0.1) is 0 Å². The van der Waals surface area contributed by atoms with Gasteiger partial charge in [0.25, 0.3) is 0 Å². The number of hydrogen-bond donors (Lipinski definition) is 2. The van der Waals surface area contributed by atoms with Crippen LogP contribution in [0.1, 0.15) is 12.8 Å². The first kappa shape index (κ1) is 12.2. The van der Waals surface area contributed by atoms with Crippen LogP contribution in [0.15, 0.2) is 11.3 Å². The number of nitrogens with one attached hydrogen (secondary N) is 1. The Balaban J connectivity index is 2.06. The molecule has 5 nitrogen and oxygen atoms in total. The molecule has 0 aromatic carbocycles. The van der Waals surface area contributed by atoms with E-state index in [4.69, 9.17) is 14.7 Å². The Kier molecular flexibility index (Phi) is 3.00. The van der Waals surface area contributed by atoms with Crippen molar-refractivity contribution in [3.8, 4) is 0 Å².